The van der Waals surface area contributed by atoms with E-state index in [-0.39, 0.29) is 5.75 Å². The Balaban J connectivity index is 2.22. The van der Waals surface area contributed by atoms with Crippen LogP contribution in [0.5, 0.6) is 5.75 Å². The van der Waals surface area contributed by atoms with E-state index in [0.29, 0.717) is 17.0 Å². The molecule has 1 aromatic heterocycles. The van der Waals surface area contributed by atoms with Gasteiger partial charge in [-0.25, -0.2) is 4.98 Å². The van der Waals surface area contributed by atoms with Gasteiger partial charge in [-0.15, -0.1) is 0 Å². The van der Waals surface area contributed by atoms with E-state index in [1.165, 1.54) is 0 Å². The van der Waals surface area contributed by atoms with E-state index in [2.05, 4.69) is 4.98 Å². The molecule has 0 atom stereocenters. The van der Waals surface area contributed by atoms with Gasteiger partial charge in [-0.05, 0) is 30.7 Å². The summed E-state index contributed by atoms with van der Waals surface area (Å²) in [6.45, 7) is 2.02. The molecule has 3 aromatic rings. The summed E-state index contributed by atoms with van der Waals surface area (Å²) in [6.07, 6.45) is 0. The van der Waals surface area contributed by atoms with Crippen molar-refractivity contribution in [2.75, 3.05) is 0 Å². The van der Waals surface area contributed by atoms with E-state index in [0.717, 1.165) is 11.1 Å². The Morgan fingerprint density at radius 1 is 1.12 bits per heavy atom. The largest absolute Gasteiger partial charge is 0.508 e. The second kappa shape index (κ2) is 3.63. The van der Waals surface area contributed by atoms with Crippen LogP contribution in [0, 0.1) is 6.92 Å². The average molecular weight is 225 g/mol. The minimum atomic E-state index is 0.196. The first-order valence-corrected chi connectivity index (χ1v) is 5.39. The van der Waals surface area contributed by atoms with Gasteiger partial charge in [0.25, 0.3) is 0 Å². The number of hydrogen-bond acceptors (Lipinski definition) is 3. The number of rotatable bonds is 1. The fraction of sp³-hybridized carbons (Fsp3) is 0.0714. The summed E-state index contributed by atoms with van der Waals surface area (Å²) in [7, 11) is 0. The number of phenols is 1. The van der Waals surface area contributed by atoms with Gasteiger partial charge < -0.3 is 9.52 Å². The monoisotopic (exact) mass is 225 g/mol. The van der Waals surface area contributed by atoms with Gasteiger partial charge in [-0.1, -0.05) is 18.2 Å². The number of oxazole rings is 1. The Bertz CT molecular complexity index is 686. The van der Waals surface area contributed by atoms with Gasteiger partial charge >= 0.3 is 0 Å². The average Bonchev–Trinajstić information content (AvgIpc) is 2.72. The zero-order valence-corrected chi connectivity index (χ0v) is 9.34. The maximum Gasteiger partial charge on any atom is 0.227 e. The summed E-state index contributed by atoms with van der Waals surface area (Å²) < 4.78 is 5.67. The Hall–Kier alpha value is -2.29. The quantitative estimate of drug-likeness (QED) is 0.689. The molecule has 0 spiro atoms. The lowest BCUT2D eigenvalue weighted by Gasteiger charge is -1.98. The molecule has 0 radical (unpaired) electrons. The van der Waals surface area contributed by atoms with Gasteiger partial charge in [0.1, 0.15) is 11.3 Å². The lowest BCUT2D eigenvalue weighted by molar-refractivity contribution is 0.476. The van der Waals surface area contributed by atoms with Crippen LogP contribution < -0.4 is 0 Å². The van der Waals surface area contributed by atoms with Crippen molar-refractivity contribution in [2.24, 2.45) is 0 Å². The molecular formula is C14H11NO2. The second-order valence-electron chi connectivity index (χ2n) is 3.99. The highest BCUT2D eigenvalue weighted by molar-refractivity contribution is 5.78. The number of aryl methyl sites for hydroxylation is 1. The summed E-state index contributed by atoms with van der Waals surface area (Å²) >= 11 is 0. The molecule has 84 valence electrons. The maximum absolute atomic E-state index is 9.38. The Morgan fingerprint density at radius 3 is 2.76 bits per heavy atom. The Morgan fingerprint density at radius 2 is 1.94 bits per heavy atom. The molecule has 17 heavy (non-hydrogen) atoms. The predicted octanol–water partition coefficient (Wildman–Crippen LogP) is 3.51. The van der Waals surface area contributed by atoms with E-state index in [4.69, 9.17) is 4.42 Å². The van der Waals surface area contributed by atoms with Crippen molar-refractivity contribution < 1.29 is 9.52 Å². The van der Waals surface area contributed by atoms with Crippen molar-refractivity contribution in [2.45, 2.75) is 6.92 Å². The molecule has 0 unspecified atom stereocenters. The number of aromatic nitrogens is 1. The summed E-state index contributed by atoms with van der Waals surface area (Å²) in [5.74, 6) is 0.783. The lowest BCUT2D eigenvalue weighted by atomic mass is 10.1. The molecule has 0 aliphatic rings. The van der Waals surface area contributed by atoms with E-state index < -0.39 is 0 Å². The molecule has 3 nitrogen and oxygen atoms in total. The molecule has 1 heterocycles. The van der Waals surface area contributed by atoms with Gasteiger partial charge in [0.2, 0.25) is 5.89 Å². The first kappa shape index (κ1) is 9.90. The van der Waals surface area contributed by atoms with Crippen LogP contribution in [0.25, 0.3) is 22.6 Å². The normalized spacial score (nSPS) is 10.9. The summed E-state index contributed by atoms with van der Waals surface area (Å²) in [6, 6.07) is 12.8. The highest BCUT2D eigenvalue weighted by Crippen LogP contribution is 2.28. The van der Waals surface area contributed by atoms with Gasteiger partial charge in [0.05, 0.1) is 0 Å². The van der Waals surface area contributed by atoms with Crippen LogP contribution in [0.4, 0.5) is 0 Å². The standard InChI is InChI=1S/C14H11NO2/c1-9-4-2-3-5-11(9)14-15-12-8-10(16)6-7-13(12)17-14/h2-8,16H,1H3. The fourth-order valence-electron chi connectivity index (χ4n) is 1.84. The van der Waals surface area contributed by atoms with Crippen LogP contribution >= 0.6 is 0 Å². The van der Waals surface area contributed by atoms with Crippen molar-refractivity contribution in [3.8, 4) is 17.2 Å². The number of hydrogen-bond donors (Lipinski definition) is 1. The van der Waals surface area contributed by atoms with Crippen LogP contribution in [-0.2, 0) is 0 Å². The molecule has 0 fully saturated rings. The highest BCUT2D eigenvalue weighted by atomic mass is 16.3. The number of aromatic hydroxyl groups is 1. The topological polar surface area (TPSA) is 46.3 Å². The van der Waals surface area contributed by atoms with Crippen LogP contribution in [0.1, 0.15) is 5.56 Å². The molecule has 0 aliphatic heterocycles. The third-order valence-electron chi connectivity index (χ3n) is 2.75. The third kappa shape index (κ3) is 1.65. The van der Waals surface area contributed by atoms with E-state index in [9.17, 15) is 5.11 Å². The van der Waals surface area contributed by atoms with Crippen molar-refractivity contribution in [3.63, 3.8) is 0 Å². The molecule has 0 aliphatic carbocycles. The molecule has 0 bridgehead atoms. The second-order valence-corrected chi connectivity index (χ2v) is 3.99. The van der Waals surface area contributed by atoms with Crippen LogP contribution in [0.15, 0.2) is 46.9 Å². The van der Waals surface area contributed by atoms with Gasteiger partial charge in [-0.2, -0.15) is 0 Å². The van der Waals surface area contributed by atoms with Crippen LogP contribution in [0.3, 0.4) is 0 Å². The molecular weight excluding hydrogens is 214 g/mol. The SMILES string of the molecule is Cc1ccccc1-c1nc2cc(O)ccc2o1. The highest BCUT2D eigenvalue weighted by Gasteiger charge is 2.10. The molecule has 3 heteroatoms. The maximum atomic E-state index is 9.38. The number of nitrogens with zero attached hydrogens (tertiary/aromatic N) is 1. The molecule has 2 aromatic carbocycles. The molecule has 0 saturated heterocycles. The summed E-state index contributed by atoms with van der Waals surface area (Å²) in [5, 5.41) is 9.38. The number of fused-ring (bicyclic) bond motifs is 1. The van der Waals surface area contributed by atoms with Crippen LogP contribution in [-0.4, -0.2) is 10.1 Å². The van der Waals surface area contributed by atoms with E-state index in [1.54, 1.807) is 18.2 Å². The van der Waals surface area contributed by atoms with Gasteiger partial charge in [0.15, 0.2) is 5.58 Å². The van der Waals surface area contributed by atoms with Crippen LogP contribution in [0.2, 0.25) is 0 Å². The van der Waals surface area contributed by atoms with Gasteiger partial charge in [-0.3, -0.25) is 0 Å². The number of phenolic OH excluding ortho intramolecular Hbond substituents is 1. The fourth-order valence-corrected chi connectivity index (χ4v) is 1.84. The van der Waals surface area contributed by atoms with Crippen molar-refractivity contribution in [1.29, 1.82) is 0 Å². The summed E-state index contributed by atoms with van der Waals surface area (Å²) in [4.78, 5) is 4.38. The van der Waals surface area contributed by atoms with Crippen molar-refractivity contribution >= 4 is 11.1 Å². The minimum absolute atomic E-state index is 0.196. The zero-order chi connectivity index (χ0) is 11.8. The predicted molar refractivity (Wildman–Crippen MR) is 65.8 cm³/mol. The smallest absolute Gasteiger partial charge is 0.227 e. The Kier molecular flexibility index (Phi) is 2.11. The third-order valence-corrected chi connectivity index (χ3v) is 2.75. The molecule has 0 saturated carbocycles. The zero-order valence-electron chi connectivity index (χ0n) is 9.34. The lowest BCUT2D eigenvalue weighted by Crippen LogP contribution is -1.81. The first-order valence-electron chi connectivity index (χ1n) is 5.39. The van der Waals surface area contributed by atoms with Gasteiger partial charge in [0, 0.05) is 11.6 Å². The van der Waals surface area contributed by atoms with E-state index >= 15 is 0 Å². The first-order chi connectivity index (χ1) is 8.24. The molecule has 1 N–H and O–H groups in total. The van der Waals surface area contributed by atoms with E-state index in [1.807, 2.05) is 31.2 Å². The summed E-state index contributed by atoms with van der Waals surface area (Å²) in [5.41, 5.74) is 3.44. The molecule has 3 rings (SSSR count). The van der Waals surface area contributed by atoms with Crippen molar-refractivity contribution in [1.82, 2.24) is 4.98 Å². The minimum Gasteiger partial charge on any atom is -0.508 e. The Labute approximate surface area is 98.3 Å². The number of benzene rings is 2. The molecule has 0 amide bonds. The van der Waals surface area contributed by atoms with Crippen molar-refractivity contribution in [3.05, 3.63) is 48.0 Å².